The molecule has 52 valence electrons. The van der Waals surface area contributed by atoms with Gasteiger partial charge < -0.3 is 4.74 Å². The summed E-state index contributed by atoms with van der Waals surface area (Å²) in [6.45, 7) is 4.13. The highest BCUT2D eigenvalue weighted by Gasteiger charge is 2.46. The quantitative estimate of drug-likeness (QED) is 0.657. The monoisotopic (exact) mass is 254 g/mol. The van der Waals surface area contributed by atoms with E-state index in [1.807, 2.05) is 6.08 Å². The lowest BCUT2D eigenvalue weighted by Crippen LogP contribution is -1.99. The number of ether oxygens (including phenoxy) is 1. The van der Waals surface area contributed by atoms with E-state index in [-0.39, 0.29) is 11.7 Å². The highest BCUT2D eigenvalue weighted by molar-refractivity contribution is 9.28. The van der Waals surface area contributed by atoms with Crippen LogP contribution in [0.15, 0.2) is 9.47 Å². The Morgan fingerprint density at radius 1 is 1.56 bits per heavy atom. The Labute approximate surface area is 71.7 Å². The Hall–Kier alpha value is 0.660. The lowest BCUT2D eigenvalue weighted by molar-refractivity contribution is 0.333. The molecule has 0 saturated carbocycles. The molecule has 1 aliphatic heterocycles. The summed E-state index contributed by atoms with van der Waals surface area (Å²) in [5.74, 6) is 0. The number of rotatable bonds is 1. The first-order chi connectivity index (χ1) is 4.02. The van der Waals surface area contributed by atoms with Crippen LogP contribution < -0.4 is 0 Å². The fourth-order valence-corrected chi connectivity index (χ4v) is 1.12. The number of hydrogen-bond acceptors (Lipinski definition) is 1. The fourth-order valence-electron chi connectivity index (χ4n) is 0.642. The van der Waals surface area contributed by atoms with Gasteiger partial charge in [0.25, 0.3) is 0 Å². The lowest BCUT2D eigenvalue weighted by atomic mass is 10.1. The van der Waals surface area contributed by atoms with Gasteiger partial charge in [-0.1, -0.05) is 0 Å². The van der Waals surface area contributed by atoms with E-state index in [1.54, 1.807) is 0 Å². The van der Waals surface area contributed by atoms with E-state index >= 15 is 0 Å². The zero-order valence-corrected chi connectivity index (χ0v) is 8.49. The maximum absolute atomic E-state index is 5.28. The Bertz CT molecular complexity index is 147. The normalized spacial score (nSPS) is 29.6. The van der Waals surface area contributed by atoms with Crippen molar-refractivity contribution in [3.63, 3.8) is 0 Å². The van der Waals surface area contributed by atoms with Crippen molar-refractivity contribution < 1.29 is 4.74 Å². The number of halogens is 2. The maximum Gasteiger partial charge on any atom is 0.107 e. The van der Waals surface area contributed by atoms with Gasteiger partial charge >= 0.3 is 0 Å². The summed E-state index contributed by atoms with van der Waals surface area (Å²) in [6, 6.07) is 0. The molecule has 9 heavy (non-hydrogen) atoms. The summed E-state index contributed by atoms with van der Waals surface area (Å²) in [5.41, 5.74) is 0.0623. The van der Waals surface area contributed by atoms with E-state index < -0.39 is 0 Å². The predicted octanol–water partition coefficient (Wildman–Crippen LogP) is 2.80. The number of hydrogen-bond donors (Lipinski definition) is 0. The van der Waals surface area contributed by atoms with Crippen LogP contribution in [0.3, 0.4) is 0 Å². The molecule has 0 aromatic carbocycles. The number of epoxide rings is 1. The first kappa shape index (κ1) is 7.76. The molecule has 0 spiro atoms. The molecule has 1 fully saturated rings. The predicted molar refractivity (Wildman–Crippen MR) is 44.9 cm³/mol. The molecule has 0 aromatic rings. The van der Waals surface area contributed by atoms with Crippen molar-refractivity contribution in [2.45, 2.75) is 25.6 Å². The summed E-state index contributed by atoms with van der Waals surface area (Å²) in [5, 5.41) is 0. The van der Waals surface area contributed by atoms with Crippen molar-refractivity contribution in [3.05, 3.63) is 9.47 Å². The second-order valence-corrected chi connectivity index (χ2v) is 5.37. The molecule has 0 aliphatic carbocycles. The minimum absolute atomic E-state index is 0.0623. The molecule has 1 aliphatic rings. The van der Waals surface area contributed by atoms with Gasteiger partial charge in [-0.3, -0.25) is 0 Å². The van der Waals surface area contributed by atoms with Crippen LogP contribution in [0.5, 0.6) is 0 Å². The third kappa shape index (κ3) is 2.06. The van der Waals surface area contributed by atoms with Crippen LogP contribution in [-0.2, 0) is 4.74 Å². The minimum atomic E-state index is 0.0623. The molecule has 1 unspecified atom stereocenters. The highest BCUT2D eigenvalue weighted by atomic mass is 79.9. The Morgan fingerprint density at radius 3 is 2.11 bits per heavy atom. The molecule has 1 saturated heterocycles. The van der Waals surface area contributed by atoms with Crippen LogP contribution in [0, 0.1) is 0 Å². The minimum Gasteiger partial charge on any atom is -0.362 e. The van der Waals surface area contributed by atoms with Crippen LogP contribution in [0.25, 0.3) is 0 Å². The second-order valence-electron chi connectivity index (χ2n) is 2.60. The van der Waals surface area contributed by atoms with Gasteiger partial charge in [-0.05, 0) is 51.8 Å². The summed E-state index contributed by atoms with van der Waals surface area (Å²) < 4.78 is 6.24. The van der Waals surface area contributed by atoms with Crippen molar-refractivity contribution in [1.82, 2.24) is 0 Å². The van der Waals surface area contributed by atoms with Crippen LogP contribution in [-0.4, -0.2) is 11.7 Å². The van der Waals surface area contributed by atoms with Crippen molar-refractivity contribution in [3.8, 4) is 0 Å². The first-order valence-electron chi connectivity index (χ1n) is 2.73. The van der Waals surface area contributed by atoms with Gasteiger partial charge in [0.2, 0.25) is 0 Å². The topological polar surface area (TPSA) is 12.5 Å². The van der Waals surface area contributed by atoms with Gasteiger partial charge in [0.15, 0.2) is 0 Å². The van der Waals surface area contributed by atoms with Crippen LogP contribution in [0.1, 0.15) is 13.8 Å². The van der Waals surface area contributed by atoms with Crippen molar-refractivity contribution in [2.75, 3.05) is 0 Å². The largest absolute Gasteiger partial charge is 0.362 e. The molecular formula is C6H8Br2O. The van der Waals surface area contributed by atoms with Crippen LogP contribution in [0.2, 0.25) is 0 Å². The van der Waals surface area contributed by atoms with Crippen LogP contribution in [0.4, 0.5) is 0 Å². The summed E-state index contributed by atoms with van der Waals surface area (Å²) >= 11 is 6.53. The molecule has 0 amide bonds. The average molecular weight is 256 g/mol. The lowest BCUT2D eigenvalue weighted by Gasteiger charge is -1.87. The zero-order chi connectivity index (χ0) is 7.07. The Morgan fingerprint density at radius 2 is 2.00 bits per heavy atom. The van der Waals surface area contributed by atoms with Crippen LogP contribution >= 0.6 is 31.9 Å². The van der Waals surface area contributed by atoms with E-state index in [9.17, 15) is 0 Å². The molecule has 1 nitrogen and oxygen atoms in total. The molecule has 1 atom stereocenters. The molecular weight excluding hydrogens is 248 g/mol. The third-order valence-electron chi connectivity index (χ3n) is 1.34. The van der Waals surface area contributed by atoms with Gasteiger partial charge in [0.1, 0.15) is 6.10 Å². The van der Waals surface area contributed by atoms with Gasteiger partial charge in [-0.2, -0.15) is 0 Å². The molecule has 0 aromatic heterocycles. The van der Waals surface area contributed by atoms with Gasteiger partial charge in [-0.25, -0.2) is 0 Å². The fraction of sp³-hybridized carbons (Fsp3) is 0.667. The summed E-state index contributed by atoms with van der Waals surface area (Å²) in [7, 11) is 0. The van der Waals surface area contributed by atoms with E-state index in [4.69, 9.17) is 4.74 Å². The van der Waals surface area contributed by atoms with Gasteiger partial charge in [0.05, 0.1) is 8.99 Å². The smallest absolute Gasteiger partial charge is 0.107 e. The second kappa shape index (κ2) is 2.36. The Kier molecular flexibility index (Phi) is 2.04. The van der Waals surface area contributed by atoms with E-state index in [1.165, 1.54) is 0 Å². The zero-order valence-electron chi connectivity index (χ0n) is 5.32. The average Bonchev–Trinajstić information content (AvgIpc) is 2.10. The standard InChI is InChI=1S/C6H8Br2O/c1-6(2)4(9-6)3-5(7)8/h3-4H,1-2H3. The van der Waals surface area contributed by atoms with Crippen molar-refractivity contribution in [2.24, 2.45) is 0 Å². The Balaban J connectivity index is 2.45. The first-order valence-corrected chi connectivity index (χ1v) is 4.31. The highest BCUT2D eigenvalue weighted by Crippen LogP contribution is 2.38. The molecule has 1 rings (SSSR count). The van der Waals surface area contributed by atoms with Crippen molar-refractivity contribution >= 4 is 31.9 Å². The molecule has 0 bridgehead atoms. The van der Waals surface area contributed by atoms with Crippen molar-refractivity contribution in [1.29, 1.82) is 0 Å². The van der Waals surface area contributed by atoms with E-state index in [0.29, 0.717) is 0 Å². The molecule has 0 N–H and O–H groups in total. The molecule has 1 heterocycles. The van der Waals surface area contributed by atoms with Gasteiger partial charge in [0, 0.05) is 0 Å². The maximum atomic E-state index is 5.28. The van der Waals surface area contributed by atoms with E-state index in [0.717, 1.165) is 3.39 Å². The summed E-state index contributed by atoms with van der Waals surface area (Å²) in [6.07, 6.45) is 2.28. The van der Waals surface area contributed by atoms with E-state index in [2.05, 4.69) is 45.7 Å². The SMILES string of the molecule is CC1(C)OC1C=C(Br)Br. The molecule has 3 heteroatoms. The molecule has 0 radical (unpaired) electrons. The van der Waals surface area contributed by atoms with Gasteiger partial charge in [-0.15, -0.1) is 0 Å². The third-order valence-corrected chi connectivity index (χ3v) is 1.86. The summed E-state index contributed by atoms with van der Waals surface area (Å²) in [4.78, 5) is 0.